The third-order valence-electron chi connectivity index (χ3n) is 3.17. The molecule has 4 heteroatoms. The molecule has 0 saturated carbocycles. The summed E-state index contributed by atoms with van der Waals surface area (Å²) in [6.07, 6.45) is 3.66. The zero-order valence-corrected chi connectivity index (χ0v) is 11.4. The van der Waals surface area contributed by atoms with Crippen molar-refractivity contribution in [2.45, 2.75) is 25.9 Å². The summed E-state index contributed by atoms with van der Waals surface area (Å²) in [5, 5.41) is 5.44. The summed E-state index contributed by atoms with van der Waals surface area (Å²) in [4.78, 5) is 15.8. The molecule has 0 saturated heterocycles. The van der Waals surface area contributed by atoms with Gasteiger partial charge >= 0.3 is 5.97 Å². The third kappa shape index (κ3) is 2.90. The fourth-order valence-corrected chi connectivity index (χ4v) is 1.96. The monoisotopic (exact) mass is 258 g/mol. The normalized spacial score (nSPS) is 11.5. The van der Waals surface area contributed by atoms with Crippen LogP contribution < -0.4 is 5.32 Å². The number of esters is 1. The van der Waals surface area contributed by atoms with E-state index in [0.717, 1.165) is 16.3 Å². The topological polar surface area (TPSA) is 51.2 Å². The molecule has 1 aromatic carbocycles. The number of benzene rings is 1. The van der Waals surface area contributed by atoms with Gasteiger partial charge in [0.05, 0.1) is 7.11 Å². The number of hydrogen-bond acceptors (Lipinski definition) is 4. The molecule has 4 nitrogen and oxygen atoms in total. The second-order valence-corrected chi connectivity index (χ2v) is 4.99. The highest BCUT2D eigenvalue weighted by Crippen LogP contribution is 2.17. The smallest absolute Gasteiger partial charge is 0.325 e. The Kier molecular flexibility index (Phi) is 3.81. The van der Waals surface area contributed by atoms with Crippen LogP contribution in [-0.4, -0.2) is 23.6 Å². The lowest BCUT2D eigenvalue weighted by atomic mass is 10.0. The summed E-state index contributed by atoms with van der Waals surface area (Å²) in [5.41, 5.74) is 0.348. The molecule has 0 aliphatic carbocycles. The number of fused-ring (bicyclic) bond motifs is 1. The van der Waals surface area contributed by atoms with Crippen molar-refractivity contribution in [3.05, 3.63) is 42.2 Å². The Bertz CT molecular complexity index is 588. The fourth-order valence-electron chi connectivity index (χ4n) is 1.96. The Morgan fingerprint density at radius 2 is 2.05 bits per heavy atom. The maximum absolute atomic E-state index is 11.6. The summed E-state index contributed by atoms with van der Waals surface area (Å²) in [7, 11) is 1.39. The van der Waals surface area contributed by atoms with Gasteiger partial charge in [0.2, 0.25) is 0 Å². The van der Waals surface area contributed by atoms with Crippen LogP contribution in [0, 0.1) is 0 Å². The average Bonchev–Trinajstić information content (AvgIpc) is 2.44. The Morgan fingerprint density at radius 3 is 2.79 bits per heavy atom. The van der Waals surface area contributed by atoms with E-state index in [1.54, 1.807) is 13.8 Å². The number of nitrogens with one attached hydrogen (secondary N) is 1. The van der Waals surface area contributed by atoms with E-state index in [1.807, 2.05) is 30.6 Å². The largest absolute Gasteiger partial charge is 0.468 e. The zero-order chi connectivity index (χ0) is 13.9. The van der Waals surface area contributed by atoms with Gasteiger partial charge in [0, 0.05) is 24.3 Å². The summed E-state index contributed by atoms with van der Waals surface area (Å²) >= 11 is 0. The molecule has 0 atom stereocenters. The number of carbonyl (C=O) groups is 1. The minimum absolute atomic E-state index is 0.277. The Labute approximate surface area is 112 Å². The zero-order valence-electron chi connectivity index (χ0n) is 11.4. The summed E-state index contributed by atoms with van der Waals surface area (Å²) in [6, 6.07) is 8.06. The SMILES string of the molecule is COC(=O)C(C)(C)NCc1cncc2ccccc12. The number of carbonyl (C=O) groups excluding carboxylic acids is 1. The van der Waals surface area contributed by atoms with Gasteiger partial charge in [-0.1, -0.05) is 24.3 Å². The molecule has 0 spiro atoms. The quantitative estimate of drug-likeness (QED) is 0.855. The van der Waals surface area contributed by atoms with Gasteiger partial charge in [-0.15, -0.1) is 0 Å². The van der Waals surface area contributed by atoms with Crippen molar-refractivity contribution in [1.29, 1.82) is 0 Å². The van der Waals surface area contributed by atoms with E-state index in [2.05, 4.69) is 16.4 Å². The van der Waals surface area contributed by atoms with Crippen LogP contribution in [-0.2, 0) is 16.1 Å². The summed E-state index contributed by atoms with van der Waals surface area (Å²) in [6.45, 7) is 4.17. The van der Waals surface area contributed by atoms with E-state index in [1.165, 1.54) is 7.11 Å². The van der Waals surface area contributed by atoms with E-state index in [4.69, 9.17) is 4.74 Å². The highest BCUT2D eigenvalue weighted by molar-refractivity contribution is 5.84. The minimum Gasteiger partial charge on any atom is -0.468 e. The first-order valence-electron chi connectivity index (χ1n) is 6.19. The summed E-state index contributed by atoms with van der Waals surface area (Å²) < 4.78 is 4.77. The number of methoxy groups -OCH3 is 1. The number of rotatable bonds is 4. The maximum Gasteiger partial charge on any atom is 0.325 e. The lowest BCUT2D eigenvalue weighted by Gasteiger charge is -2.23. The molecule has 1 heterocycles. The second-order valence-electron chi connectivity index (χ2n) is 4.99. The molecule has 1 aromatic heterocycles. The number of pyridine rings is 1. The highest BCUT2D eigenvalue weighted by Gasteiger charge is 2.27. The number of hydrogen-bond donors (Lipinski definition) is 1. The summed E-state index contributed by atoms with van der Waals surface area (Å²) in [5.74, 6) is -0.277. The standard InChI is InChI=1S/C15H18N2O2/c1-15(2,14(18)19-3)17-10-12-9-16-8-11-6-4-5-7-13(11)12/h4-9,17H,10H2,1-3H3. The molecule has 0 radical (unpaired) electrons. The molecular formula is C15H18N2O2. The van der Waals surface area contributed by atoms with Crippen LogP contribution >= 0.6 is 0 Å². The van der Waals surface area contributed by atoms with E-state index in [0.29, 0.717) is 6.54 Å². The number of nitrogens with zero attached hydrogens (tertiary/aromatic N) is 1. The van der Waals surface area contributed by atoms with Crippen molar-refractivity contribution < 1.29 is 9.53 Å². The van der Waals surface area contributed by atoms with Crippen LogP contribution in [0.5, 0.6) is 0 Å². The van der Waals surface area contributed by atoms with E-state index in [9.17, 15) is 4.79 Å². The number of aromatic nitrogens is 1. The van der Waals surface area contributed by atoms with E-state index < -0.39 is 5.54 Å². The first kappa shape index (κ1) is 13.5. The highest BCUT2D eigenvalue weighted by atomic mass is 16.5. The van der Waals surface area contributed by atoms with Crippen molar-refractivity contribution in [3.8, 4) is 0 Å². The molecule has 2 rings (SSSR count). The van der Waals surface area contributed by atoms with Gasteiger partial charge in [0.15, 0.2) is 0 Å². The molecular weight excluding hydrogens is 240 g/mol. The van der Waals surface area contributed by atoms with Gasteiger partial charge in [0.1, 0.15) is 5.54 Å². The maximum atomic E-state index is 11.6. The molecule has 2 aromatic rings. The molecule has 0 unspecified atom stereocenters. The van der Waals surface area contributed by atoms with Crippen molar-refractivity contribution in [1.82, 2.24) is 10.3 Å². The average molecular weight is 258 g/mol. The molecule has 0 fully saturated rings. The van der Waals surface area contributed by atoms with E-state index in [-0.39, 0.29) is 5.97 Å². The van der Waals surface area contributed by atoms with Gasteiger partial charge in [0.25, 0.3) is 0 Å². The lowest BCUT2D eigenvalue weighted by molar-refractivity contribution is -0.147. The van der Waals surface area contributed by atoms with Crippen molar-refractivity contribution >= 4 is 16.7 Å². The van der Waals surface area contributed by atoms with Crippen LogP contribution in [0.3, 0.4) is 0 Å². The first-order chi connectivity index (χ1) is 9.04. The Balaban J connectivity index is 2.21. The Hall–Kier alpha value is -1.94. The fraction of sp³-hybridized carbons (Fsp3) is 0.333. The van der Waals surface area contributed by atoms with Crippen LogP contribution in [0.25, 0.3) is 10.8 Å². The van der Waals surface area contributed by atoms with E-state index >= 15 is 0 Å². The second kappa shape index (κ2) is 5.36. The molecule has 0 amide bonds. The van der Waals surface area contributed by atoms with Crippen LogP contribution in [0.4, 0.5) is 0 Å². The molecule has 19 heavy (non-hydrogen) atoms. The van der Waals surface area contributed by atoms with Gasteiger partial charge in [-0.2, -0.15) is 0 Å². The molecule has 0 aliphatic heterocycles. The Morgan fingerprint density at radius 1 is 1.32 bits per heavy atom. The molecule has 0 bridgehead atoms. The predicted octanol–water partition coefficient (Wildman–Crippen LogP) is 2.28. The van der Waals surface area contributed by atoms with Crippen molar-refractivity contribution in [3.63, 3.8) is 0 Å². The van der Waals surface area contributed by atoms with Crippen LogP contribution in [0.15, 0.2) is 36.7 Å². The number of ether oxygens (including phenoxy) is 1. The lowest BCUT2D eigenvalue weighted by Crippen LogP contribution is -2.47. The van der Waals surface area contributed by atoms with Crippen molar-refractivity contribution in [2.24, 2.45) is 0 Å². The van der Waals surface area contributed by atoms with Crippen LogP contribution in [0.2, 0.25) is 0 Å². The molecule has 0 aliphatic rings. The van der Waals surface area contributed by atoms with Crippen molar-refractivity contribution in [2.75, 3.05) is 7.11 Å². The predicted molar refractivity (Wildman–Crippen MR) is 74.7 cm³/mol. The van der Waals surface area contributed by atoms with Gasteiger partial charge in [-0.25, -0.2) is 0 Å². The molecule has 1 N–H and O–H groups in total. The van der Waals surface area contributed by atoms with Gasteiger partial charge in [-0.05, 0) is 24.8 Å². The molecule has 100 valence electrons. The van der Waals surface area contributed by atoms with Gasteiger partial charge in [-0.3, -0.25) is 15.1 Å². The minimum atomic E-state index is -0.717. The third-order valence-corrected chi connectivity index (χ3v) is 3.17. The van der Waals surface area contributed by atoms with Gasteiger partial charge < -0.3 is 4.74 Å². The van der Waals surface area contributed by atoms with Crippen LogP contribution in [0.1, 0.15) is 19.4 Å². The first-order valence-corrected chi connectivity index (χ1v) is 6.19.